The normalized spacial score (nSPS) is 24.8. The van der Waals surface area contributed by atoms with Gasteiger partial charge in [-0.2, -0.15) is 10.1 Å². The van der Waals surface area contributed by atoms with E-state index in [2.05, 4.69) is 67.6 Å². The van der Waals surface area contributed by atoms with Crippen LogP contribution in [-0.2, 0) is 88.0 Å². The molecule has 32 heteroatoms. The summed E-state index contributed by atoms with van der Waals surface area (Å²) in [5.74, 6) is -1.25. The first kappa shape index (κ1) is 91.8. The Hall–Kier alpha value is -10.4. The number of ketones is 2. The summed E-state index contributed by atoms with van der Waals surface area (Å²) >= 11 is 0. The molecule has 32 nitrogen and oxygen atoms in total. The molecule has 6 aliphatic rings. The number of nitrogen functional groups attached to an aromatic ring is 2. The number of fused-ring (bicyclic) bond motifs is 6. The maximum Gasteiger partial charge on any atom is 0.407 e. The van der Waals surface area contributed by atoms with Gasteiger partial charge in [0.05, 0.1) is 76.2 Å². The van der Waals surface area contributed by atoms with Crippen molar-refractivity contribution in [2.24, 2.45) is 23.7 Å². The molecule has 12 rings (SSSR count). The van der Waals surface area contributed by atoms with Crippen molar-refractivity contribution in [3.05, 3.63) is 125 Å². The molecule has 4 fully saturated rings. The smallest absolute Gasteiger partial charge is 0.407 e. The number of allylic oxidation sites excluding steroid dienone is 6. The quantitative estimate of drug-likeness (QED) is 0.0163. The lowest BCUT2D eigenvalue weighted by molar-refractivity contribution is -0.167. The number of ether oxygens (including phenoxy) is 6. The number of piperazine rings is 1. The number of rotatable bonds is 24. The Morgan fingerprint density at radius 1 is 0.732 bits per heavy atom. The molecule has 1 saturated carbocycles. The van der Waals surface area contributed by atoms with E-state index in [0.29, 0.717) is 193 Å². The highest BCUT2D eigenvalue weighted by Gasteiger charge is 2.42. The number of carbonyl (C=O) groups excluding carboxylic acids is 8. The van der Waals surface area contributed by atoms with Crippen molar-refractivity contribution in [1.29, 1.82) is 0 Å². The number of hydrogen-bond donors (Lipinski definition) is 5. The number of nitrogens with zero attached hydrogens (tertiary/aromatic N) is 12. The summed E-state index contributed by atoms with van der Waals surface area (Å²) in [5, 5.41) is 22.6. The van der Waals surface area contributed by atoms with Crippen LogP contribution in [0.15, 0.2) is 107 Å². The molecule has 9 heterocycles. The first-order valence-electron chi connectivity index (χ1n) is 43.9. The molecule has 0 radical (unpaired) electrons. The van der Waals surface area contributed by atoms with E-state index in [1.165, 1.54) is 16.8 Å². The molecule has 1 aliphatic carbocycles. The van der Waals surface area contributed by atoms with E-state index < -0.39 is 48.1 Å². The minimum Gasteiger partial charge on any atom is -0.461 e. The highest BCUT2D eigenvalue weighted by atomic mass is 16.6. The standard InChI is InChI=1S/C91H124N16O16/c1-58-14-9-8-10-15-60(3)78(117-7)48-71-16-13-18-77(120-71)84(113)87(114)106-34-12-11-17-73(106)88(115)121-69(26-19-59(2)45-62(5)75(109)49-74(108)61(4)44-58)27-21-63-22-28-70(29-23-63)122-91(116)97-52-65-50-95-90(96-51-65)104-38-36-103(37-39-104)81(112)56-102(6)55-79(110)94-33-41-119-43-42-118-40-32-80(111)105-35-31-66-46-64(20-24-68(66)54-105)53-107-86-82(85(92)98-57-99-86)83(101-107)67-25-30-76-72(47-67)100-89(93)123-76/h8-10,14-15,20,24-25,30,45-47,50-51,57-59,61,63,69-71,73,75,77-78,109H,11-13,16-19,21-23,26-29,31-44,48-49,52-56H2,1-7H3,(H2,93,100)(H,94,110)(H,97,116)(H2,92,98,99)/b10-8?,14-9+,60-15?,62-45+/t58-,59+,61-,63?,69+,70?,71?,73+,75+,77?,78+/m1/s1. The largest absolute Gasteiger partial charge is 0.461 e. The molecular weight excluding hydrogens is 1570 g/mol. The van der Waals surface area contributed by atoms with Crippen LogP contribution in [0.4, 0.5) is 22.6 Å². The maximum absolute atomic E-state index is 14.5. The fraction of sp³-hybridized carbons (Fsp3) is 0.582. The van der Waals surface area contributed by atoms with E-state index in [4.69, 9.17) is 49.4 Å². The lowest BCUT2D eigenvalue weighted by Gasteiger charge is -2.36. The molecule has 4 aromatic heterocycles. The average molecular weight is 1700 g/mol. The minimum absolute atomic E-state index is 0.00313. The fourth-order valence-electron chi connectivity index (χ4n) is 17.4. The van der Waals surface area contributed by atoms with Crippen molar-refractivity contribution in [2.75, 3.05) is 116 Å². The number of nitrogens with two attached hydrogens (primary N) is 2. The van der Waals surface area contributed by atoms with Crippen LogP contribution in [0.1, 0.15) is 172 Å². The van der Waals surface area contributed by atoms with Gasteiger partial charge >= 0.3 is 12.1 Å². The summed E-state index contributed by atoms with van der Waals surface area (Å²) in [6.45, 7) is 15.2. The van der Waals surface area contributed by atoms with Crippen molar-refractivity contribution in [1.82, 2.24) is 64.9 Å². The molecule has 2 bridgehead atoms. The number of aromatic nitrogens is 7. The van der Waals surface area contributed by atoms with Gasteiger partial charge in [0.1, 0.15) is 53.5 Å². The third-order valence-electron chi connectivity index (χ3n) is 24.6. The topological polar surface area (TPSA) is 400 Å². The predicted molar refractivity (Wildman–Crippen MR) is 463 cm³/mol. The molecular formula is C91H124N16O16. The molecule has 5 amide bonds. The molecule has 6 aromatic rings. The molecule has 2 aromatic carbocycles. The van der Waals surface area contributed by atoms with Crippen molar-refractivity contribution in [3.63, 3.8) is 0 Å². The number of methoxy groups -OCH3 is 1. The Balaban J connectivity index is 0.511. The van der Waals surface area contributed by atoms with Gasteiger partial charge in [-0.3, -0.25) is 33.7 Å². The molecule has 2 unspecified atom stereocenters. The summed E-state index contributed by atoms with van der Waals surface area (Å²) in [4.78, 5) is 140. The second-order valence-corrected chi connectivity index (χ2v) is 34.1. The van der Waals surface area contributed by atoms with E-state index in [0.717, 1.165) is 47.9 Å². The van der Waals surface area contributed by atoms with Gasteiger partial charge in [0.15, 0.2) is 11.2 Å². The molecule has 7 N–H and O–H groups in total. The average Bonchev–Trinajstić information content (AvgIpc) is 1.61. The molecule has 5 aliphatic heterocycles. The Morgan fingerprint density at radius 3 is 2.31 bits per heavy atom. The molecule has 123 heavy (non-hydrogen) atoms. The van der Waals surface area contributed by atoms with Crippen molar-refractivity contribution >= 4 is 87.2 Å². The first-order valence-corrected chi connectivity index (χ1v) is 43.9. The van der Waals surface area contributed by atoms with E-state index in [1.807, 2.05) is 83.8 Å². The van der Waals surface area contributed by atoms with Gasteiger partial charge in [-0.15, -0.1) is 0 Å². The fourth-order valence-corrected chi connectivity index (χ4v) is 17.4. The number of likely N-dealkylation sites (N-methyl/N-ethyl adjacent to an activating group) is 1. The van der Waals surface area contributed by atoms with Gasteiger partial charge in [0.2, 0.25) is 29.5 Å². The van der Waals surface area contributed by atoms with Crippen molar-refractivity contribution < 1.29 is 76.3 Å². The van der Waals surface area contributed by atoms with Gasteiger partial charge in [0.25, 0.3) is 11.9 Å². The van der Waals surface area contributed by atoms with Crippen LogP contribution >= 0.6 is 0 Å². The zero-order chi connectivity index (χ0) is 87.1. The number of cyclic esters (lactones) is 1. The Morgan fingerprint density at radius 2 is 1.52 bits per heavy atom. The summed E-state index contributed by atoms with van der Waals surface area (Å²) < 4.78 is 43.3. The van der Waals surface area contributed by atoms with Crippen molar-refractivity contribution in [2.45, 2.75) is 219 Å². The zero-order valence-corrected chi connectivity index (χ0v) is 72.4. The summed E-state index contributed by atoms with van der Waals surface area (Å²) in [5.41, 5.74) is 21.0. The van der Waals surface area contributed by atoms with Crippen LogP contribution in [0.2, 0.25) is 0 Å². The summed E-state index contributed by atoms with van der Waals surface area (Å²) in [6.07, 6.45) is 24.0. The Bertz CT molecular complexity index is 4740. The van der Waals surface area contributed by atoms with Crippen LogP contribution < -0.4 is 27.0 Å². The number of oxazole rings is 1. The second-order valence-electron chi connectivity index (χ2n) is 34.1. The van der Waals surface area contributed by atoms with Crippen LogP contribution in [0, 0.1) is 23.7 Å². The monoisotopic (exact) mass is 1700 g/mol. The number of anilines is 3. The van der Waals surface area contributed by atoms with Gasteiger partial charge in [0, 0.05) is 108 Å². The lowest BCUT2D eigenvalue weighted by Crippen LogP contribution is -2.54. The molecule has 9 atom stereocenters. The number of esters is 1. The van der Waals surface area contributed by atoms with E-state index >= 15 is 0 Å². The number of hydrogen-bond acceptors (Lipinski definition) is 26. The number of piperidine rings is 1. The molecule has 3 saturated heterocycles. The van der Waals surface area contributed by atoms with Crippen LogP contribution in [0.5, 0.6) is 0 Å². The lowest BCUT2D eigenvalue weighted by atomic mass is 9.83. The highest BCUT2D eigenvalue weighted by molar-refractivity contribution is 6.38. The van der Waals surface area contributed by atoms with Gasteiger partial charge < -0.3 is 79.6 Å². The molecule has 0 spiro atoms. The zero-order valence-electron chi connectivity index (χ0n) is 72.4. The van der Waals surface area contributed by atoms with Crippen LogP contribution in [0.3, 0.4) is 0 Å². The third-order valence-corrected chi connectivity index (χ3v) is 24.6. The van der Waals surface area contributed by atoms with Gasteiger partial charge in [-0.25, -0.2) is 34.2 Å². The number of benzene rings is 2. The van der Waals surface area contributed by atoms with E-state index in [-0.39, 0.29) is 130 Å². The number of Topliss-reactive ketones (excluding diaryl/α,β-unsaturated/α-hetero) is 2. The van der Waals surface area contributed by atoms with Gasteiger partial charge in [-0.1, -0.05) is 75.4 Å². The van der Waals surface area contributed by atoms with E-state index in [9.17, 15) is 43.5 Å². The maximum atomic E-state index is 14.5. The Labute approximate surface area is 719 Å². The second kappa shape index (κ2) is 44.8. The summed E-state index contributed by atoms with van der Waals surface area (Å²) in [7, 11) is 3.37. The third kappa shape index (κ3) is 26.1. The first-order chi connectivity index (χ1) is 59.4. The summed E-state index contributed by atoms with van der Waals surface area (Å²) in [6, 6.07) is 10.9. The Kier molecular flexibility index (Phi) is 33.4. The van der Waals surface area contributed by atoms with E-state index in [1.54, 1.807) is 42.4 Å². The predicted octanol–water partition coefficient (Wildman–Crippen LogP) is 9.53. The number of nitrogens with one attached hydrogen (secondary N) is 2. The number of alkyl carbamates (subject to hydrolysis) is 1. The van der Waals surface area contributed by atoms with Crippen LogP contribution in [-0.4, -0.2) is 249 Å². The SMILES string of the molecule is CO[C@H]1CC2CCCC(O2)C(=O)C(=O)N2CCCC[C@H]2C(=O)O[C@H](CCC2CCC(OC(=O)NCc3cnc(N4CCN(C(=O)CN(C)CC(=O)NCCOCCOCCC(=O)N5CCc6cc(Cn7nc(-c8ccc9oc(N)nc9c8)c8c(N)ncnc87)ccc6C5)CC4)nc3)CC2)CC[C@H](C)/C=C(\C)[C@@H](O)CC(=O)[C@H](C)C[C@H](C)/C=C/C=CC=C1C. The molecule has 664 valence electrons. The van der Waals surface area contributed by atoms with Crippen molar-refractivity contribution in [3.8, 4) is 11.3 Å². The highest BCUT2D eigenvalue weighted by Crippen LogP contribution is 2.36. The minimum atomic E-state index is -0.934. The number of amides is 5. The number of carbonyl (C=O) groups is 8. The number of aliphatic hydroxyl groups is 1. The van der Waals surface area contributed by atoms with Gasteiger partial charge in [-0.05, 0) is 187 Å². The van der Waals surface area contributed by atoms with Crippen LogP contribution in [0.25, 0.3) is 33.4 Å². The number of aliphatic hydroxyl groups excluding tert-OH is 1.